The molecular formula is C24H19ClO2. The summed E-state index contributed by atoms with van der Waals surface area (Å²) in [6, 6.07) is 25.5. The van der Waals surface area contributed by atoms with E-state index in [1.807, 2.05) is 48.5 Å². The molecule has 134 valence electrons. The lowest BCUT2D eigenvalue weighted by atomic mass is 9.90. The molecule has 0 bridgehead atoms. The van der Waals surface area contributed by atoms with E-state index in [2.05, 4.69) is 0 Å². The molecule has 0 N–H and O–H groups in total. The standard InChI is InChI=1S/C24H19ClO2/c1-17(24(27)20-10-6-3-7-11-20)22(18-8-4-2-5-9-18)16-23(26)19-12-14-21(25)15-13-19/h2-15H,16H2,1H3/b22-17+. The maximum atomic E-state index is 12.9. The Hall–Kier alpha value is -2.97. The number of allylic oxidation sites excluding steroid dienone is 2. The maximum absolute atomic E-state index is 12.9. The molecular weight excluding hydrogens is 356 g/mol. The van der Waals surface area contributed by atoms with Crippen LogP contribution in [0.5, 0.6) is 0 Å². The van der Waals surface area contributed by atoms with Crippen LogP contribution < -0.4 is 0 Å². The molecule has 3 aromatic carbocycles. The largest absolute Gasteiger partial charge is 0.294 e. The van der Waals surface area contributed by atoms with Crippen LogP contribution in [0.15, 0.2) is 90.5 Å². The van der Waals surface area contributed by atoms with E-state index in [4.69, 9.17) is 11.6 Å². The first-order chi connectivity index (χ1) is 13.1. The van der Waals surface area contributed by atoms with Crippen molar-refractivity contribution in [2.45, 2.75) is 13.3 Å². The van der Waals surface area contributed by atoms with Gasteiger partial charge in [0.25, 0.3) is 0 Å². The van der Waals surface area contributed by atoms with Gasteiger partial charge in [0.05, 0.1) is 0 Å². The van der Waals surface area contributed by atoms with Crippen molar-refractivity contribution in [1.29, 1.82) is 0 Å². The first-order valence-electron chi connectivity index (χ1n) is 8.70. The topological polar surface area (TPSA) is 34.1 Å². The molecule has 0 aliphatic heterocycles. The number of ketones is 2. The lowest BCUT2D eigenvalue weighted by Crippen LogP contribution is -2.07. The third kappa shape index (κ3) is 4.60. The summed E-state index contributed by atoms with van der Waals surface area (Å²) in [6.45, 7) is 1.78. The molecule has 0 aliphatic carbocycles. The van der Waals surface area contributed by atoms with Crippen molar-refractivity contribution in [3.63, 3.8) is 0 Å². The molecule has 3 heteroatoms. The lowest BCUT2D eigenvalue weighted by molar-refractivity contribution is 0.0998. The number of rotatable bonds is 6. The van der Waals surface area contributed by atoms with Gasteiger partial charge in [-0.05, 0) is 42.3 Å². The Labute approximate surface area is 164 Å². The number of Topliss-reactive ketones (excluding diaryl/α,β-unsaturated/α-hetero) is 2. The van der Waals surface area contributed by atoms with Crippen molar-refractivity contribution in [1.82, 2.24) is 0 Å². The SMILES string of the molecule is C/C(C(=O)c1ccccc1)=C(/CC(=O)c1ccc(Cl)cc1)c1ccccc1. The zero-order chi connectivity index (χ0) is 19.2. The molecule has 0 radical (unpaired) electrons. The smallest absolute Gasteiger partial charge is 0.189 e. The Morgan fingerprint density at radius 3 is 1.78 bits per heavy atom. The summed E-state index contributed by atoms with van der Waals surface area (Å²) < 4.78 is 0. The molecule has 2 nitrogen and oxygen atoms in total. The molecule has 3 aromatic rings. The van der Waals surface area contributed by atoms with Crippen LogP contribution in [0.25, 0.3) is 5.57 Å². The first-order valence-corrected chi connectivity index (χ1v) is 9.08. The lowest BCUT2D eigenvalue weighted by Gasteiger charge is -2.12. The Balaban J connectivity index is 2.00. The van der Waals surface area contributed by atoms with E-state index < -0.39 is 0 Å². The molecule has 27 heavy (non-hydrogen) atoms. The highest BCUT2D eigenvalue weighted by Gasteiger charge is 2.18. The number of hydrogen-bond donors (Lipinski definition) is 0. The minimum absolute atomic E-state index is 0.0502. The fourth-order valence-electron chi connectivity index (χ4n) is 2.93. The van der Waals surface area contributed by atoms with Crippen LogP contribution >= 0.6 is 11.6 Å². The Morgan fingerprint density at radius 1 is 0.704 bits per heavy atom. The third-order valence-corrected chi connectivity index (χ3v) is 4.71. The van der Waals surface area contributed by atoms with Crippen LogP contribution in [-0.2, 0) is 0 Å². The van der Waals surface area contributed by atoms with E-state index in [0.717, 1.165) is 11.1 Å². The third-order valence-electron chi connectivity index (χ3n) is 4.46. The van der Waals surface area contributed by atoms with Gasteiger partial charge in [0.15, 0.2) is 11.6 Å². The minimum atomic E-state index is -0.0710. The van der Waals surface area contributed by atoms with Crippen molar-refractivity contribution >= 4 is 28.7 Å². The Bertz CT molecular complexity index is 972. The second-order valence-corrected chi connectivity index (χ2v) is 6.71. The fourth-order valence-corrected chi connectivity index (χ4v) is 3.06. The summed E-state index contributed by atoms with van der Waals surface area (Å²) in [5.41, 5.74) is 3.39. The van der Waals surface area contributed by atoms with Gasteiger partial charge in [-0.1, -0.05) is 72.3 Å². The second kappa shape index (κ2) is 8.61. The molecule has 0 atom stereocenters. The van der Waals surface area contributed by atoms with Gasteiger partial charge in [-0.2, -0.15) is 0 Å². The molecule has 0 saturated heterocycles. The van der Waals surface area contributed by atoms with Crippen LogP contribution in [0.1, 0.15) is 39.6 Å². The Kier molecular flexibility index (Phi) is 6.00. The number of hydrogen-bond acceptors (Lipinski definition) is 2. The van der Waals surface area contributed by atoms with Crippen LogP contribution in [0.3, 0.4) is 0 Å². The van der Waals surface area contributed by atoms with Gasteiger partial charge in [0, 0.05) is 28.1 Å². The number of benzene rings is 3. The number of carbonyl (C=O) groups excluding carboxylic acids is 2. The summed E-state index contributed by atoms with van der Waals surface area (Å²) in [5.74, 6) is -0.121. The summed E-state index contributed by atoms with van der Waals surface area (Å²) in [6.07, 6.45) is 0.149. The van der Waals surface area contributed by atoms with E-state index in [-0.39, 0.29) is 18.0 Å². The van der Waals surface area contributed by atoms with E-state index in [0.29, 0.717) is 21.7 Å². The Morgan fingerprint density at radius 2 is 1.22 bits per heavy atom. The van der Waals surface area contributed by atoms with Crippen LogP contribution in [0, 0.1) is 0 Å². The van der Waals surface area contributed by atoms with Gasteiger partial charge >= 0.3 is 0 Å². The average molecular weight is 375 g/mol. The highest BCUT2D eigenvalue weighted by molar-refractivity contribution is 6.30. The predicted octanol–water partition coefficient (Wildman–Crippen LogP) is 6.27. The van der Waals surface area contributed by atoms with Gasteiger partial charge in [-0.15, -0.1) is 0 Å². The van der Waals surface area contributed by atoms with Gasteiger partial charge in [-0.3, -0.25) is 9.59 Å². The van der Waals surface area contributed by atoms with Crippen molar-refractivity contribution in [2.75, 3.05) is 0 Å². The van der Waals surface area contributed by atoms with Crippen molar-refractivity contribution in [2.24, 2.45) is 0 Å². The van der Waals surface area contributed by atoms with Crippen molar-refractivity contribution < 1.29 is 9.59 Å². The first kappa shape index (κ1) is 18.8. The summed E-state index contributed by atoms with van der Waals surface area (Å²) in [4.78, 5) is 25.8. The molecule has 0 fully saturated rings. The van der Waals surface area contributed by atoms with E-state index >= 15 is 0 Å². The fraction of sp³-hybridized carbons (Fsp3) is 0.0833. The highest BCUT2D eigenvalue weighted by Crippen LogP contribution is 2.27. The monoisotopic (exact) mass is 374 g/mol. The van der Waals surface area contributed by atoms with Gasteiger partial charge < -0.3 is 0 Å². The molecule has 0 heterocycles. The van der Waals surface area contributed by atoms with Crippen molar-refractivity contribution in [3.8, 4) is 0 Å². The minimum Gasteiger partial charge on any atom is -0.294 e. The van der Waals surface area contributed by atoms with Gasteiger partial charge in [0.1, 0.15) is 0 Å². The predicted molar refractivity (Wildman–Crippen MR) is 110 cm³/mol. The quantitative estimate of drug-likeness (QED) is 0.376. The van der Waals surface area contributed by atoms with E-state index in [1.165, 1.54) is 0 Å². The zero-order valence-corrected chi connectivity index (χ0v) is 15.7. The molecule has 0 amide bonds. The van der Waals surface area contributed by atoms with Crippen LogP contribution in [0.2, 0.25) is 5.02 Å². The maximum Gasteiger partial charge on any atom is 0.189 e. The second-order valence-electron chi connectivity index (χ2n) is 6.27. The average Bonchev–Trinajstić information content (AvgIpc) is 2.72. The molecule has 0 saturated carbocycles. The normalized spacial score (nSPS) is 11.6. The van der Waals surface area contributed by atoms with Crippen molar-refractivity contribution in [3.05, 3.63) is 112 Å². The van der Waals surface area contributed by atoms with Crippen LogP contribution in [0.4, 0.5) is 0 Å². The molecule has 0 aliphatic rings. The van der Waals surface area contributed by atoms with Gasteiger partial charge in [0.2, 0.25) is 0 Å². The molecule has 3 rings (SSSR count). The van der Waals surface area contributed by atoms with Crippen LogP contribution in [-0.4, -0.2) is 11.6 Å². The number of carbonyl (C=O) groups is 2. The highest BCUT2D eigenvalue weighted by atomic mass is 35.5. The molecule has 0 unspecified atom stereocenters. The van der Waals surface area contributed by atoms with E-state index in [1.54, 1.807) is 43.3 Å². The zero-order valence-electron chi connectivity index (χ0n) is 15.0. The molecule has 0 aromatic heterocycles. The summed E-state index contributed by atoms with van der Waals surface area (Å²) >= 11 is 5.91. The van der Waals surface area contributed by atoms with E-state index in [9.17, 15) is 9.59 Å². The number of halogens is 1. The summed E-state index contributed by atoms with van der Waals surface area (Å²) in [7, 11) is 0. The van der Waals surface area contributed by atoms with Gasteiger partial charge in [-0.25, -0.2) is 0 Å². The summed E-state index contributed by atoms with van der Waals surface area (Å²) in [5, 5.41) is 0.584. The molecule has 0 spiro atoms.